The molecule has 9 heteroatoms. The van der Waals surface area contributed by atoms with Gasteiger partial charge in [0, 0.05) is 50.2 Å². The number of amides is 1. The van der Waals surface area contributed by atoms with E-state index in [0.29, 0.717) is 37.4 Å². The zero-order valence-electron chi connectivity index (χ0n) is 17.7. The van der Waals surface area contributed by atoms with Gasteiger partial charge in [-0.1, -0.05) is 0 Å². The highest BCUT2D eigenvalue weighted by Gasteiger charge is 2.27. The average molecular weight is 430 g/mol. The van der Waals surface area contributed by atoms with Crippen molar-refractivity contribution < 1.29 is 9.53 Å². The number of hydrogen-bond donors (Lipinski definition) is 1. The molecule has 0 aliphatic carbocycles. The van der Waals surface area contributed by atoms with Gasteiger partial charge in [-0.25, -0.2) is 0 Å². The van der Waals surface area contributed by atoms with Gasteiger partial charge in [0.2, 0.25) is 5.65 Å². The SMILES string of the molecule is Cc1cc2c(cc1C(=O)N1Cc3ccncc3C1)[nH]c(=O)c1nnc(C3CCOCC3)n12. The number of nitrogens with zero attached hydrogens (tertiary/aromatic N) is 5. The Labute approximate surface area is 183 Å². The molecule has 1 saturated heterocycles. The Morgan fingerprint density at radius 2 is 1.97 bits per heavy atom. The molecule has 162 valence electrons. The fourth-order valence-electron chi connectivity index (χ4n) is 4.82. The molecule has 0 saturated carbocycles. The summed E-state index contributed by atoms with van der Waals surface area (Å²) in [6.07, 6.45) is 5.25. The molecule has 3 aromatic heterocycles. The minimum atomic E-state index is -0.315. The summed E-state index contributed by atoms with van der Waals surface area (Å²) in [5, 5.41) is 8.52. The summed E-state index contributed by atoms with van der Waals surface area (Å²) in [6, 6.07) is 5.68. The van der Waals surface area contributed by atoms with E-state index >= 15 is 0 Å². The van der Waals surface area contributed by atoms with E-state index in [2.05, 4.69) is 20.2 Å². The maximum Gasteiger partial charge on any atom is 0.294 e. The van der Waals surface area contributed by atoms with Crippen molar-refractivity contribution in [2.75, 3.05) is 13.2 Å². The van der Waals surface area contributed by atoms with Crippen molar-refractivity contribution in [3.8, 4) is 0 Å². The summed E-state index contributed by atoms with van der Waals surface area (Å²) in [5.74, 6) is 0.900. The predicted molar refractivity (Wildman–Crippen MR) is 116 cm³/mol. The number of benzene rings is 1. The number of aromatic nitrogens is 5. The molecular weight excluding hydrogens is 408 g/mol. The van der Waals surface area contributed by atoms with Crippen LogP contribution in [0.25, 0.3) is 16.7 Å². The summed E-state index contributed by atoms with van der Waals surface area (Å²) < 4.78 is 7.33. The van der Waals surface area contributed by atoms with Crippen LogP contribution in [0.4, 0.5) is 0 Å². The topological polar surface area (TPSA) is 105 Å². The van der Waals surface area contributed by atoms with Crippen LogP contribution in [-0.4, -0.2) is 48.6 Å². The molecule has 2 aliphatic rings. The van der Waals surface area contributed by atoms with Gasteiger partial charge < -0.3 is 14.6 Å². The van der Waals surface area contributed by atoms with Crippen LogP contribution in [0.2, 0.25) is 0 Å². The lowest BCUT2D eigenvalue weighted by Gasteiger charge is -2.21. The molecule has 0 atom stereocenters. The zero-order valence-corrected chi connectivity index (χ0v) is 17.7. The normalized spacial score (nSPS) is 16.7. The van der Waals surface area contributed by atoms with Crippen molar-refractivity contribution in [3.05, 3.63) is 69.0 Å². The maximum atomic E-state index is 13.4. The van der Waals surface area contributed by atoms with Crippen LogP contribution in [0, 0.1) is 6.92 Å². The number of aromatic amines is 1. The van der Waals surface area contributed by atoms with Crippen molar-refractivity contribution in [1.29, 1.82) is 0 Å². The van der Waals surface area contributed by atoms with E-state index in [1.54, 1.807) is 12.3 Å². The molecule has 32 heavy (non-hydrogen) atoms. The van der Waals surface area contributed by atoms with E-state index in [0.717, 1.165) is 40.9 Å². The molecule has 2 aliphatic heterocycles. The van der Waals surface area contributed by atoms with E-state index in [4.69, 9.17) is 4.74 Å². The van der Waals surface area contributed by atoms with E-state index in [1.165, 1.54) is 0 Å². The van der Waals surface area contributed by atoms with Gasteiger partial charge in [0.15, 0.2) is 0 Å². The Balaban J connectivity index is 1.45. The smallest absolute Gasteiger partial charge is 0.294 e. The number of pyridine rings is 1. The molecule has 1 fully saturated rings. The van der Waals surface area contributed by atoms with Crippen molar-refractivity contribution in [2.45, 2.75) is 38.8 Å². The summed E-state index contributed by atoms with van der Waals surface area (Å²) in [7, 11) is 0. The van der Waals surface area contributed by atoms with Gasteiger partial charge in [-0.05, 0) is 54.7 Å². The average Bonchev–Trinajstić information content (AvgIpc) is 3.45. The van der Waals surface area contributed by atoms with Crippen molar-refractivity contribution >= 4 is 22.6 Å². The molecule has 5 heterocycles. The van der Waals surface area contributed by atoms with Gasteiger partial charge >= 0.3 is 0 Å². The highest BCUT2D eigenvalue weighted by Crippen LogP contribution is 2.29. The molecule has 0 radical (unpaired) electrons. The number of fused-ring (bicyclic) bond motifs is 4. The van der Waals surface area contributed by atoms with Gasteiger partial charge in [-0.15, -0.1) is 10.2 Å². The minimum Gasteiger partial charge on any atom is -0.381 e. The first-order chi connectivity index (χ1) is 15.6. The number of H-pyrrole nitrogens is 1. The molecular formula is C23H22N6O3. The lowest BCUT2D eigenvalue weighted by Crippen LogP contribution is -2.26. The maximum absolute atomic E-state index is 13.4. The van der Waals surface area contributed by atoms with Crippen molar-refractivity contribution in [2.24, 2.45) is 0 Å². The number of aryl methyl sites for hydroxylation is 1. The molecule has 0 unspecified atom stereocenters. The summed E-state index contributed by atoms with van der Waals surface area (Å²) >= 11 is 0. The largest absolute Gasteiger partial charge is 0.381 e. The lowest BCUT2D eigenvalue weighted by molar-refractivity contribution is 0.0750. The molecule has 0 bridgehead atoms. The first-order valence-corrected chi connectivity index (χ1v) is 10.8. The Morgan fingerprint density at radius 1 is 1.16 bits per heavy atom. The van der Waals surface area contributed by atoms with Gasteiger partial charge in [-0.2, -0.15) is 0 Å². The van der Waals surface area contributed by atoms with Crippen LogP contribution in [0.3, 0.4) is 0 Å². The third kappa shape index (κ3) is 2.92. The first-order valence-electron chi connectivity index (χ1n) is 10.8. The number of carbonyl (C=O) groups excluding carboxylic acids is 1. The second-order valence-corrected chi connectivity index (χ2v) is 8.55. The Bertz CT molecular complexity index is 1410. The number of ether oxygens (including phenoxy) is 1. The van der Waals surface area contributed by atoms with Crippen LogP contribution in [0.15, 0.2) is 35.4 Å². The van der Waals surface area contributed by atoms with Crippen LogP contribution < -0.4 is 5.56 Å². The fourth-order valence-corrected chi connectivity index (χ4v) is 4.82. The third-order valence-electron chi connectivity index (χ3n) is 6.55. The number of hydrogen-bond acceptors (Lipinski definition) is 6. The molecule has 0 spiro atoms. The van der Waals surface area contributed by atoms with Gasteiger partial charge in [0.25, 0.3) is 11.5 Å². The van der Waals surface area contributed by atoms with Crippen molar-refractivity contribution in [3.63, 3.8) is 0 Å². The molecule has 1 amide bonds. The number of nitrogens with one attached hydrogen (secondary N) is 1. The fraction of sp³-hybridized carbons (Fsp3) is 0.348. The van der Waals surface area contributed by atoms with E-state index in [9.17, 15) is 9.59 Å². The monoisotopic (exact) mass is 430 g/mol. The highest BCUT2D eigenvalue weighted by molar-refractivity contribution is 5.99. The molecule has 1 aromatic carbocycles. The minimum absolute atomic E-state index is 0.0602. The lowest BCUT2D eigenvalue weighted by atomic mass is 9.99. The van der Waals surface area contributed by atoms with E-state index in [-0.39, 0.29) is 23.0 Å². The van der Waals surface area contributed by atoms with Gasteiger partial charge in [0.05, 0.1) is 11.0 Å². The third-order valence-corrected chi connectivity index (χ3v) is 6.55. The summed E-state index contributed by atoms with van der Waals surface area (Å²) in [5.41, 5.74) is 4.97. The molecule has 4 aromatic rings. The summed E-state index contributed by atoms with van der Waals surface area (Å²) in [4.78, 5) is 35.0. The first kappa shape index (κ1) is 19.1. The standard InChI is InChI=1S/C23H22N6O3/c1-13-8-19-18(9-17(13)23(31)28-11-15-2-5-24-10-16(15)12-28)25-22(30)21-27-26-20(29(19)21)14-3-6-32-7-4-14/h2,5,8-10,14H,3-4,6-7,11-12H2,1H3,(H,25,30). The van der Waals surface area contributed by atoms with Crippen LogP contribution in [-0.2, 0) is 17.8 Å². The Hall–Kier alpha value is -3.59. The summed E-state index contributed by atoms with van der Waals surface area (Å²) in [6.45, 7) is 4.36. The second kappa shape index (κ2) is 7.23. The molecule has 1 N–H and O–H groups in total. The molecule has 6 rings (SSSR count). The van der Waals surface area contributed by atoms with Gasteiger partial charge in [0.1, 0.15) is 5.82 Å². The van der Waals surface area contributed by atoms with E-state index in [1.807, 2.05) is 34.6 Å². The predicted octanol–water partition coefficient (Wildman–Crippen LogP) is 2.32. The van der Waals surface area contributed by atoms with Crippen LogP contribution in [0.1, 0.15) is 51.6 Å². The van der Waals surface area contributed by atoms with Crippen LogP contribution in [0.5, 0.6) is 0 Å². The zero-order chi connectivity index (χ0) is 21.8. The number of carbonyl (C=O) groups is 1. The second-order valence-electron chi connectivity index (χ2n) is 8.55. The Kier molecular flexibility index (Phi) is 4.32. The van der Waals surface area contributed by atoms with Gasteiger partial charge in [-0.3, -0.25) is 19.0 Å². The van der Waals surface area contributed by atoms with Crippen molar-refractivity contribution in [1.82, 2.24) is 29.5 Å². The number of rotatable bonds is 2. The quantitative estimate of drug-likeness (QED) is 0.523. The highest BCUT2D eigenvalue weighted by atomic mass is 16.5. The van der Waals surface area contributed by atoms with Crippen LogP contribution >= 0.6 is 0 Å². The van der Waals surface area contributed by atoms with E-state index < -0.39 is 0 Å². The Morgan fingerprint density at radius 3 is 2.78 bits per heavy atom. The molecule has 9 nitrogen and oxygen atoms in total.